The van der Waals surface area contributed by atoms with Crippen LogP contribution in [0.15, 0.2) is 24.3 Å². The Hall–Kier alpha value is -0.780. The molecule has 126 valence electrons. The standard InChI is InChI=1S/C22H38/c1-6-18(3)9-8-10-19(4)11-14-21(7-2)17-22-15-12-20(5)13-16-22/h12-13,15-16,18-19,21H,6-11,14,17H2,1-5H3. The Morgan fingerprint density at radius 1 is 0.773 bits per heavy atom. The van der Waals surface area contributed by atoms with Gasteiger partial charge >= 0.3 is 0 Å². The molecule has 0 aliphatic rings. The average molecular weight is 303 g/mol. The summed E-state index contributed by atoms with van der Waals surface area (Å²) in [5.74, 6) is 2.67. The molecule has 0 saturated carbocycles. The van der Waals surface area contributed by atoms with Gasteiger partial charge in [-0.3, -0.25) is 0 Å². The second kappa shape index (κ2) is 10.9. The largest absolute Gasteiger partial charge is 0.0651 e. The van der Waals surface area contributed by atoms with E-state index in [1.54, 1.807) is 0 Å². The quantitative estimate of drug-likeness (QED) is 0.405. The van der Waals surface area contributed by atoms with Crippen LogP contribution in [-0.2, 0) is 6.42 Å². The van der Waals surface area contributed by atoms with Crippen LogP contribution in [0.25, 0.3) is 0 Å². The van der Waals surface area contributed by atoms with Crippen molar-refractivity contribution in [2.24, 2.45) is 17.8 Å². The van der Waals surface area contributed by atoms with Crippen molar-refractivity contribution < 1.29 is 0 Å². The van der Waals surface area contributed by atoms with Gasteiger partial charge in [0.2, 0.25) is 0 Å². The van der Waals surface area contributed by atoms with Crippen molar-refractivity contribution in [1.82, 2.24) is 0 Å². The first-order valence-corrected chi connectivity index (χ1v) is 9.60. The Labute approximate surface area is 139 Å². The van der Waals surface area contributed by atoms with E-state index < -0.39 is 0 Å². The molecule has 0 saturated heterocycles. The second-order valence-corrected chi connectivity index (χ2v) is 7.59. The first-order chi connectivity index (χ1) is 10.5. The van der Waals surface area contributed by atoms with Crippen molar-refractivity contribution in [3.63, 3.8) is 0 Å². The number of benzene rings is 1. The van der Waals surface area contributed by atoms with Crippen LogP contribution in [-0.4, -0.2) is 0 Å². The Morgan fingerprint density at radius 3 is 2.00 bits per heavy atom. The van der Waals surface area contributed by atoms with Crippen LogP contribution in [0.4, 0.5) is 0 Å². The Morgan fingerprint density at radius 2 is 1.41 bits per heavy atom. The molecule has 0 aliphatic carbocycles. The molecule has 0 heteroatoms. The lowest BCUT2D eigenvalue weighted by Gasteiger charge is -2.18. The predicted molar refractivity (Wildman–Crippen MR) is 100 cm³/mol. The highest BCUT2D eigenvalue weighted by molar-refractivity contribution is 5.21. The maximum Gasteiger partial charge on any atom is -0.0250 e. The maximum absolute atomic E-state index is 2.45. The molecule has 0 radical (unpaired) electrons. The zero-order chi connectivity index (χ0) is 16.4. The van der Waals surface area contributed by atoms with Crippen LogP contribution >= 0.6 is 0 Å². The summed E-state index contributed by atoms with van der Waals surface area (Å²) < 4.78 is 0. The van der Waals surface area contributed by atoms with E-state index >= 15 is 0 Å². The maximum atomic E-state index is 2.45. The minimum atomic E-state index is 0.861. The summed E-state index contributed by atoms with van der Waals surface area (Å²) in [5, 5.41) is 0. The lowest BCUT2D eigenvalue weighted by Crippen LogP contribution is -2.07. The van der Waals surface area contributed by atoms with E-state index in [1.807, 2.05) is 0 Å². The van der Waals surface area contributed by atoms with Crippen LogP contribution in [0.5, 0.6) is 0 Å². The van der Waals surface area contributed by atoms with Gasteiger partial charge in [-0.2, -0.15) is 0 Å². The number of hydrogen-bond acceptors (Lipinski definition) is 0. The minimum absolute atomic E-state index is 0.861. The third kappa shape index (κ3) is 8.01. The Bertz CT molecular complexity index is 376. The van der Waals surface area contributed by atoms with Gasteiger partial charge in [0.15, 0.2) is 0 Å². The van der Waals surface area contributed by atoms with Crippen molar-refractivity contribution >= 4 is 0 Å². The third-order valence-corrected chi connectivity index (χ3v) is 5.38. The molecule has 0 amide bonds. The first kappa shape index (κ1) is 19.3. The van der Waals surface area contributed by atoms with Crippen LogP contribution in [0.2, 0.25) is 0 Å². The summed E-state index contributed by atoms with van der Waals surface area (Å²) in [5.41, 5.74) is 2.88. The van der Waals surface area contributed by atoms with Crippen molar-refractivity contribution in [3.8, 4) is 0 Å². The van der Waals surface area contributed by atoms with Gasteiger partial charge < -0.3 is 0 Å². The molecule has 0 N–H and O–H groups in total. The summed E-state index contributed by atoms with van der Waals surface area (Å²) in [6.07, 6.45) is 11.0. The van der Waals surface area contributed by atoms with Gasteiger partial charge in [0, 0.05) is 0 Å². The summed E-state index contributed by atoms with van der Waals surface area (Å²) >= 11 is 0. The fraction of sp³-hybridized carbons (Fsp3) is 0.727. The molecule has 0 nitrogen and oxygen atoms in total. The highest BCUT2D eigenvalue weighted by atomic mass is 14.2. The molecule has 1 aromatic carbocycles. The van der Waals surface area contributed by atoms with Gasteiger partial charge in [-0.05, 0) is 43.1 Å². The fourth-order valence-electron chi connectivity index (χ4n) is 3.19. The molecule has 0 fully saturated rings. The Balaban J connectivity index is 2.26. The van der Waals surface area contributed by atoms with Gasteiger partial charge in [0.1, 0.15) is 0 Å². The Kier molecular flexibility index (Phi) is 9.52. The normalized spacial score (nSPS) is 15.5. The second-order valence-electron chi connectivity index (χ2n) is 7.59. The summed E-state index contributed by atoms with van der Waals surface area (Å²) in [6.45, 7) is 11.7. The van der Waals surface area contributed by atoms with E-state index in [1.165, 1.54) is 62.5 Å². The smallest absolute Gasteiger partial charge is 0.0250 e. The molecule has 3 atom stereocenters. The van der Waals surface area contributed by atoms with Gasteiger partial charge in [-0.1, -0.05) is 96.0 Å². The number of aryl methyl sites for hydroxylation is 1. The molecule has 22 heavy (non-hydrogen) atoms. The van der Waals surface area contributed by atoms with Crippen LogP contribution in [0.1, 0.15) is 83.8 Å². The van der Waals surface area contributed by atoms with Crippen molar-refractivity contribution in [3.05, 3.63) is 35.4 Å². The summed E-state index contributed by atoms with van der Waals surface area (Å²) in [7, 11) is 0. The predicted octanol–water partition coefficient (Wildman–Crippen LogP) is 7.20. The molecule has 0 aliphatic heterocycles. The van der Waals surface area contributed by atoms with E-state index in [-0.39, 0.29) is 0 Å². The minimum Gasteiger partial charge on any atom is -0.0651 e. The molecule has 3 unspecified atom stereocenters. The molecule has 1 aromatic rings. The highest BCUT2D eigenvalue weighted by Gasteiger charge is 2.11. The topological polar surface area (TPSA) is 0 Å². The SMILES string of the molecule is CCC(C)CCCC(C)CCC(CC)Cc1ccc(C)cc1. The fourth-order valence-corrected chi connectivity index (χ4v) is 3.19. The highest BCUT2D eigenvalue weighted by Crippen LogP contribution is 2.24. The molecule has 0 bridgehead atoms. The molecular formula is C22H38. The molecule has 1 rings (SSSR count). The van der Waals surface area contributed by atoms with Crippen molar-refractivity contribution in [2.45, 2.75) is 86.0 Å². The van der Waals surface area contributed by atoms with Crippen LogP contribution in [0.3, 0.4) is 0 Å². The lowest BCUT2D eigenvalue weighted by atomic mass is 9.87. The van der Waals surface area contributed by atoms with Crippen LogP contribution < -0.4 is 0 Å². The first-order valence-electron chi connectivity index (χ1n) is 9.60. The van der Waals surface area contributed by atoms with E-state index in [0.717, 1.165) is 17.8 Å². The van der Waals surface area contributed by atoms with Gasteiger partial charge in [-0.15, -0.1) is 0 Å². The molecule has 0 aromatic heterocycles. The van der Waals surface area contributed by atoms with Crippen molar-refractivity contribution in [1.29, 1.82) is 0 Å². The van der Waals surface area contributed by atoms with E-state index in [0.29, 0.717) is 0 Å². The monoisotopic (exact) mass is 302 g/mol. The molecule has 0 spiro atoms. The third-order valence-electron chi connectivity index (χ3n) is 5.38. The van der Waals surface area contributed by atoms with Crippen LogP contribution in [0, 0.1) is 24.7 Å². The number of rotatable bonds is 11. The van der Waals surface area contributed by atoms with Crippen molar-refractivity contribution in [2.75, 3.05) is 0 Å². The van der Waals surface area contributed by atoms with E-state index in [9.17, 15) is 0 Å². The van der Waals surface area contributed by atoms with E-state index in [4.69, 9.17) is 0 Å². The molecule has 0 heterocycles. The average Bonchev–Trinajstić information content (AvgIpc) is 2.53. The zero-order valence-corrected chi connectivity index (χ0v) is 15.7. The molecular weight excluding hydrogens is 264 g/mol. The summed E-state index contributed by atoms with van der Waals surface area (Å²) in [4.78, 5) is 0. The lowest BCUT2D eigenvalue weighted by molar-refractivity contribution is 0.365. The van der Waals surface area contributed by atoms with Gasteiger partial charge in [0.05, 0.1) is 0 Å². The van der Waals surface area contributed by atoms with Gasteiger partial charge in [-0.25, -0.2) is 0 Å². The van der Waals surface area contributed by atoms with Gasteiger partial charge in [0.25, 0.3) is 0 Å². The number of hydrogen-bond donors (Lipinski definition) is 0. The zero-order valence-electron chi connectivity index (χ0n) is 15.7. The summed E-state index contributed by atoms with van der Waals surface area (Å²) in [6, 6.07) is 9.13. The van der Waals surface area contributed by atoms with E-state index in [2.05, 4.69) is 58.9 Å².